The molecule has 1 amide bonds. The molecule has 0 saturated carbocycles. The van der Waals surface area contributed by atoms with Crippen LogP contribution in [0.4, 0.5) is 5.69 Å². The summed E-state index contributed by atoms with van der Waals surface area (Å²) < 4.78 is 0. The van der Waals surface area contributed by atoms with Crippen LogP contribution >= 0.6 is 12.4 Å². The molecule has 1 fully saturated rings. The van der Waals surface area contributed by atoms with Crippen molar-refractivity contribution in [2.45, 2.75) is 25.9 Å². The molecule has 4 nitrogen and oxygen atoms in total. The number of benzene rings is 1. The van der Waals surface area contributed by atoms with Gasteiger partial charge in [0.25, 0.3) is 0 Å². The molecule has 100 valence electrons. The lowest BCUT2D eigenvalue weighted by atomic mass is 9.98. The molecule has 5 heteroatoms. The zero-order valence-electron chi connectivity index (χ0n) is 10.8. The van der Waals surface area contributed by atoms with Crippen molar-refractivity contribution in [2.75, 3.05) is 18.8 Å². The molecule has 18 heavy (non-hydrogen) atoms. The quantitative estimate of drug-likeness (QED) is 0.798. The molecule has 0 unspecified atom stereocenters. The molecular weight excluding hydrogens is 250 g/mol. The van der Waals surface area contributed by atoms with E-state index in [1.54, 1.807) is 0 Å². The van der Waals surface area contributed by atoms with Crippen LogP contribution in [0.15, 0.2) is 24.3 Å². The molecule has 1 saturated heterocycles. The Hall–Kier alpha value is -1.26. The van der Waals surface area contributed by atoms with Gasteiger partial charge in [-0.15, -0.1) is 12.4 Å². The van der Waals surface area contributed by atoms with Gasteiger partial charge in [-0.25, -0.2) is 0 Å². The van der Waals surface area contributed by atoms with Crippen LogP contribution in [0, 0.1) is 0 Å². The summed E-state index contributed by atoms with van der Waals surface area (Å²) in [6.45, 7) is 6.24. The number of nitrogens with two attached hydrogens (primary N) is 1. The van der Waals surface area contributed by atoms with E-state index < -0.39 is 5.54 Å². The highest BCUT2D eigenvalue weighted by atomic mass is 35.5. The van der Waals surface area contributed by atoms with E-state index in [2.05, 4.69) is 10.2 Å². The van der Waals surface area contributed by atoms with Crippen LogP contribution in [0.1, 0.15) is 19.4 Å². The summed E-state index contributed by atoms with van der Waals surface area (Å²) in [5.41, 5.74) is 7.22. The second-order valence-corrected chi connectivity index (χ2v) is 4.98. The molecule has 2 rings (SSSR count). The van der Waals surface area contributed by atoms with E-state index in [0.717, 1.165) is 24.3 Å². The van der Waals surface area contributed by atoms with Gasteiger partial charge in [0.2, 0.25) is 5.91 Å². The molecule has 0 aliphatic carbocycles. The Labute approximate surface area is 114 Å². The lowest BCUT2D eigenvalue weighted by Gasteiger charge is -2.41. The second kappa shape index (κ2) is 5.59. The summed E-state index contributed by atoms with van der Waals surface area (Å²) >= 11 is 0. The van der Waals surface area contributed by atoms with Crippen molar-refractivity contribution in [3.8, 4) is 0 Å². The molecule has 0 atom stereocenters. The third-order valence-electron chi connectivity index (χ3n) is 3.34. The number of rotatable bonds is 2. The average molecular weight is 270 g/mol. The summed E-state index contributed by atoms with van der Waals surface area (Å²) in [6, 6.07) is 7.82. The molecule has 1 aromatic carbocycles. The number of anilines is 1. The zero-order valence-corrected chi connectivity index (χ0v) is 11.6. The van der Waals surface area contributed by atoms with Crippen LogP contribution in [0.5, 0.6) is 0 Å². The van der Waals surface area contributed by atoms with Gasteiger partial charge in [-0.1, -0.05) is 12.1 Å². The highest BCUT2D eigenvalue weighted by Crippen LogP contribution is 2.21. The normalized spacial score (nSPS) is 18.9. The molecule has 0 aromatic heterocycles. The average Bonchev–Trinajstić information content (AvgIpc) is 2.25. The summed E-state index contributed by atoms with van der Waals surface area (Å²) in [7, 11) is 0. The first-order chi connectivity index (χ1) is 8.00. The molecule has 0 spiro atoms. The Morgan fingerprint density at radius 2 is 2.17 bits per heavy atom. The number of nitrogen functional groups attached to an aromatic ring is 1. The number of carbonyl (C=O) groups excluding carboxylic acids is 1. The van der Waals surface area contributed by atoms with Gasteiger partial charge in [-0.2, -0.15) is 0 Å². The van der Waals surface area contributed by atoms with Gasteiger partial charge in [-0.3, -0.25) is 9.69 Å². The maximum Gasteiger partial charge on any atom is 0.240 e. The van der Waals surface area contributed by atoms with Crippen molar-refractivity contribution in [2.24, 2.45) is 0 Å². The first-order valence-corrected chi connectivity index (χ1v) is 5.88. The summed E-state index contributed by atoms with van der Waals surface area (Å²) in [4.78, 5) is 14.0. The molecule has 1 aliphatic rings. The van der Waals surface area contributed by atoms with E-state index in [0.29, 0.717) is 6.54 Å². The van der Waals surface area contributed by atoms with E-state index in [9.17, 15) is 4.79 Å². The fraction of sp³-hybridized carbons (Fsp3) is 0.462. The first-order valence-electron chi connectivity index (χ1n) is 5.88. The third kappa shape index (κ3) is 2.94. The molecule has 0 radical (unpaired) electrons. The minimum absolute atomic E-state index is 0. The standard InChI is InChI=1S/C13H19N3O.ClH/c1-13(2)12(17)15-6-7-16(13)9-10-4-3-5-11(14)8-10;/h3-5,8H,6-7,9,14H2,1-2H3,(H,15,17);1H. The minimum Gasteiger partial charge on any atom is -0.399 e. The van der Waals surface area contributed by atoms with Crippen molar-refractivity contribution in [3.05, 3.63) is 29.8 Å². The number of carbonyl (C=O) groups is 1. The second-order valence-electron chi connectivity index (χ2n) is 4.98. The number of hydrogen-bond donors (Lipinski definition) is 2. The monoisotopic (exact) mass is 269 g/mol. The number of nitrogens with zero attached hydrogens (tertiary/aromatic N) is 1. The number of nitrogens with one attached hydrogen (secondary N) is 1. The van der Waals surface area contributed by atoms with Crippen LogP contribution in [-0.2, 0) is 11.3 Å². The Morgan fingerprint density at radius 3 is 2.83 bits per heavy atom. The number of hydrogen-bond acceptors (Lipinski definition) is 3. The topological polar surface area (TPSA) is 58.4 Å². The van der Waals surface area contributed by atoms with E-state index in [4.69, 9.17) is 5.73 Å². The highest BCUT2D eigenvalue weighted by Gasteiger charge is 2.37. The van der Waals surface area contributed by atoms with Gasteiger partial charge >= 0.3 is 0 Å². The van der Waals surface area contributed by atoms with Crippen LogP contribution in [-0.4, -0.2) is 29.4 Å². The highest BCUT2D eigenvalue weighted by molar-refractivity contribution is 5.86. The third-order valence-corrected chi connectivity index (χ3v) is 3.34. The first kappa shape index (κ1) is 14.8. The maximum absolute atomic E-state index is 11.8. The lowest BCUT2D eigenvalue weighted by Crippen LogP contribution is -2.61. The van der Waals surface area contributed by atoms with Crippen molar-refractivity contribution in [1.29, 1.82) is 0 Å². The Balaban J connectivity index is 0.00000162. The van der Waals surface area contributed by atoms with Crippen molar-refractivity contribution in [1.82, 2.24) is 10.2 Å². The van der Waals surface area contributed by atoms with Crippen LogP contribution < -0.4 is 11.1 Å². The van der Waals surface area contributed by atoms with Crippen LogP contribution in [0.3, 0.4) is 0 Å². The molecule has 1 aliphatic heterocycles. The molecule has 3 N–H and O–H groups in total. The van der Waals surface area contributed by atoms with Crippen molar-refractivity contribution < 1.29 is 4.79 Å². The van der Waals surface area contributed by atoms with Crippen LogP contribution in [0.2, 0.25) is 0 Å². The Bertz CT molecular complexity index is 434. The predicted molar refractivity (Wildman–Crippen MR) is 75.6 cm³/mol. The maximum atomic E-state index is 11.8. The fourth-order valence-corrected chi connectivity index (χ4v) is 2.13. The van der Waals surface area contributed by atoms with Gasteiger partial charge in [0, 0.05) is 25.3 Å². The number of piperazine rings is 1. The van der Waals surface area contributed by atoms with Gasteiger partial charge in [0.05, 0.1) is 5.54 Å². The SMILES string of the molecule is CC1(C)C(=O)NCCN1Cc1cccc(N)c1.Cl. The number of halogens is 1. The molecule has 1 aromatic rings. The fourth-order valence-electron chi connectivity index (χ4n) is 2.13. The van der Waals surface area contributed by atoms with E-state index >= 15 is 0 Å². The summed E-state index contributed by atoms with van der Waals surface area (Å²) in [5, 5.41) is 2.89. The van der Waals surface area contributed by atoms with E-state index in [1.165, 1.54) is 0 Å². The summed E-state index contributed by atoms with van der Waals surface area (Å²) in [5.74, 6) is 0.0904. The van der Waals surface area contributed by atoms with Crippen LogP contribution in [0.25, 0.3) is 0 Å². The predicted octanol–water partition coefficient (Wildman–Crippen LogP) is 1.40. The Kier molecular flexibility index (Phi) is 4.59. The number of amides is 1. The lowest BCUT2D eigenvalue weighted by molar-refractivity contribution is -0.135. The van der Waals surface area contributed by atoms with Gasteiger partial charge in [0.1, 0.15) is 0 Å². The van der Waals surface area contributed by atoms with Gasteiger partial charge < -0.3 is 11.1 Å². The van der Waals surface area contributed by atoms with E-state index in [1.807, 2.05) is 38.1 Å². The smallest absolute Gasteiger partial charge is 0.240 e. The minimum atomic E-state index is -0.456. The Morgan fingerprint density at radius 1 is 1.44 bits per heavy atom. The molecular formula is C13H20ClN3O. The van der Waals surface area contributed by atoms with Crippen molar-refractivity contribution >= 4 is 24.0 Å². The van der Waals surface area contributed by atoms with Gasteiger partial charge in [-0.05, 0) is 31.5 Å². The summed E-state index contributed by atoms with van der Waals surface area (Å²) in [6.07, 6.45) is 0. The molecule has 1 heterocycles. The van der Waals surface area contributed by atoms with E-state index in [-0.39, 0.29) is 18.3 Å². The largest absolute Gasteiger partial charge is 0.399 e. The van der Waals surface area contributed by atoms with Crippen molar-refractivity contribution in [3.63, 3.8) is 0 Å². The van der Waals surface area contributed by atoms with Gasteiger partial charge in [0.15, 0.2) is 0 Å². The molecule has 0 bridgehead atoms. The zero-order chi connectivity index (χ0) is 12.5.